The lowest BCUT2D eigenvalue weighted by Gasteiger charge is -2.23. The SMILES string of the molecule is CC(=O)N(O)C(CCc1ccccc1)C(=O)NCC(=O)O. The Hall–Kier alpha value is -2.41. The Balaban J connectivity index is 2.70. The number of benzene rings is 1. The summed E-state index contributed by atoms with van der Waals surface area (Å²) < 4.78 is 0. The molecule has 0 saturated carbocycles. The molecular weight excluding hydrogens is 276 g/mol. The maximum atomic E-state index is 11.9. The van der Waals surface area contributed by atoms with Gasteiger partial charge in [0.15, 0.2) is 0 Å². The first-order chi connectivity index (χ1) is 9.91. The fraction of sp³-hybridized carbons (Fsp3) is 0.357. The van der Waals surface area contributed by atoms with Gasteiger partial charge in [-0.25, -0.2) is 5.06 Å². The molecule has 114 valence electrons. The Morgan fingerprint density at radius 1 is 1.24 bits per heavy atom. The molecule has 0 aliphatic heterocycles. The average molecular weight is 294 g/mol. The minimum atomic E-state index is -1.20. The Kier molecular flexibility index (Phi) is 6.35. The van der Waals surface area contributed by atoms with E-state index in [4.69, 9.17) is 5.11 Å². The molecule has 7 nitrogen and oxygen atoms in total. The van der Waals surface area contributed by atoms with Crippen LogP contribution in [0.3, 0.4) is 0 Å². The number of carboxylic acids is 1. The molecule has 0 saturated heterocycles. The molecule has 2 amide bonds. The number of hydrogen-bond donors (Lipinski definition) is 3. The summed E-state index contributed by atoms with van der Waals surface area (Å²) in [6.45, 7) is 0.562. The lowest BCUT2D eigenvalue weighted by Crippen LogP contribution is -2.48. The van der Waals surface area contributed by atoms with Gasteiger partial charge in [-0.05, 0) is 18.4 Å². The lowest BCUT2D eigenvalue weighted by atomic mass is 10.0. The third-order valence-corrected chi connectivity index (χ3v) is 2.88. The molecule has 1 unspecified atom stereocenters. The van der Waals surface area contributed by atoms with E-state index in [2.05, 4.69) is 5.32 Å². The van der Waals surface area contributed by atoms with Crippen molar-refractivity contribution in [3.05, 3.63) is 35.9 Å². The van der Waals surface area contributed by atoms with Crippen LogP contribution in [0.4, 0.5) is 0 Å². The van der Waals surface area contributed by atoms with E-state index in [1.54, 1.807) is 0 Å². The standard InChI is InChI=1S/C14H18N2O5/c1-10(17)16(21)12(14(20)15-9-13(18)19)8-7-11-5-3-2-4-6-11/h2-6,12,21H,7-9H2,1H3,(H,15,20)(H,18,19). The van der Waals surface area contributed by atoms with Crippen LogP contribution in [-0.2, 0) is 20.8 Å². The summed E-state index contributed by atoms with van der Waals surface area (Å²) in [5.74, 6) is -2.58. The topological polar surface area (TPSA) is 107 Å². The summed E-state index contributed by atoms with van der Waals surface area (Å²) in [5, 5.41) is 20.7. The highest BCUT2D eigenvalue weighted by molar-refractivity contribution is 5.88. The van der Waals surface area contributed by atoms with Crippen LogP contribution < -0.4 is 5.32 Å². The van der Waals surface area contributed by atoms with Crippen molar-refractivity contribution in [3.63, 3.8) is 0 Å². The first-order valence-electron chi connectivity index (χ1n) is 6.44. The highest BCUT2D eigenvalue weighted by atomic mass is 16.5. The molecule has 1 aromatic rings. The molecule has 0 aliphatic carbocycles. The Bertz CT molecular complexity index is 503. The van der Waals surface area contributed by atoms with Gasteiger partial charge >= 0.3 is 5.97 Å². The van der Waals surface area contributed by atoms with Crippen LogP contribution in [0, 0.1) is 0 Å². The van der Waals surface area contributed by atoms with Gasteiger partial charge in [0.2, 0.25) is 11.8 Å². The summed E-state index contributed by atoms with van der Waals surface area (Å²) in [4.78, 5) is 33.6. The van der Waals surface area contributed by atoms with E-state index in [1.165, 1.54) is 0 Å². The van der Waals surface area contributed by atoms with E-state index in [0.717, 1.165) is 12.5 Å². The van der Waals surface area contributed by atoms with Crippen molar-refractivity contribution in [2.75, 3.05) is 6.54 Å². The van der Waals surface area contributed by atoms with Gasteiger partial charge < -0.3 is 10.4 Å². The number of nitrogens with one attached hydrogen (secondary N) is 1. The van der Waals surface area contributed by atoms with Gasteiger partial charge in [-0.2, -0.15) is 0 Å². The molecule has 0 spiro atoms. The van der Waals surface area contributed by atoms with E-state index in [9.17, 15) is 19.6 Å². The molecule has 7 heteroatoms. The van der Waals surface area contributed by atoms with Crippen molar-refractivity contribution in [2.24, 2.45) is 0 Å². The molecule has 21 heavy (non-hydrogen) atoms. The number of rotatable bonds is 7. The van der Waals surface area contributed by atoms with Gasteiger partial charge in [-0.3, -0.25) is 19.6 Å². The number of aryl methyl sites for hydroxylation is 1. The Labute approximate surface area is 122 Å². The number of nitrogens with zero attached hydrogens (tertiary/aromatic N) is 1. The number of hydrogen-bond acceptors (Lipinski definition) is 4. The number of carbonyl (C=O) groups excluding carboxylic acids is 2. The largest absolute Gasteiger partial charge is 0.480 e. The van der Waals surface area contributed by atoms with Gasteiger partial charge in [-0.1, -0.05) is 30.3 Å². The van der Waals surface area contributed by atoms with Crippen LogP contribution in [0.15, 0.2) is 30.3 Å². The number of carboxylic acid groups (broad SMARTS) is 1. The van der Waals surface area contributed by atoms with E-state index < -0.39 is 30.4 Å². The van der Waals surface area contributed by atoms with Gasteiger partial charge in [0.1, 0.15) is 12.6 Å². The third kappa shape index (κ3) is 5.62. The van der Waals surface area contributed by atoms with Crippen LogP contribution in [0.2, 0.25) is 0 Å². The zero-order valence-corrected chi connectivity index (χ0v) is 11.7. The maximum Gasteiger partial charge on any atom is 0.322 e. The summed E-state index contributed by atoms with van der Waals surface area (Å²) in [6, 6.07) is 8.15. The normalized spacial score (nSPS) is 11.5. The monoisotopic (exact) mass is 294 g/mol. The van der Waals surface area contributed by atoms with Gasteiger partial charge in [0.05, 0.1) is 0 Å². The Morgan fingerprint density at radius 3 is 2.38 bits per heavy atom. The predicted octanol–water partition coefficient (Wildman–Crippen LogP) is 0.426. The molecular formula is C14H18N2O5. The van der Waals surface area contributed by atoms with Gasteiger partial charge in [0, 0.05) is 6.92 Å². The second kappa shape index (κ2) is 8.01. The lowest BCUT2D eigenvalue weighted by molar-refractivity contribution is -0.178. The molecule has 0 aliphatic rings. The second-order valence-corrected chi connectivity index (χ2v) is 4.52. The molecule has 1 atom stereocenters. The van der Waals surface area contributed by atoms with E-state index in [0.29, 0.717) is 11.5 Å². The molecule has 0 aromatic heterocycles. The quantitative estimate of drug-likeness (QED) is 0.499. The van der Waals surface area contributed by atoms with Crippen LogP contribution in [0.5, 0.6) is 0 Å². The summed E-state index contributed by atoms with van der Waals surface area (Å²) in [5.41, 5.74) is 0.950. The van der Waals surface area contributed by atoms with E-state index in [1.807, 2.05) is 30.3 Å². The zero-order chi connectivity index (χ0) is 15.8. The number of amides is 2. The molecule has 1 aromatic carbocycles. The second-order valence-electron chi connectivity index (χ2n) is 4.52. The predicted molar refractivity (Wildman–Crippen MR) is 73.5 cm³/mol. The summed E-state index contributed by atoms with van der Waals surface area (Å²) in [6.07, 6.45) is 0.655. The maximum absolute atomic E-state index is 11.9. The zero-order valence-electron chi connectivity index (χ0n) is 11.7. The minimum absolute atomic E-state index is 0.186. The van der Waals surface area contributed by atoms with Crippen molar-refractivity contribution in [1.29, 1.82) is 0 Å². The smallest absolute Gasteiger partial charge is 0.322 e. The summed E-state index contributed by atoms with van der Waals surface area (Å²) in [7, 11) is 0. The van der Waals surface area contributed by atoms with Gasteiger partial charge in [0.25, 0.3) is 0 Å². The van der Waals surface area contributed by atoms with Crippen molar-refractivity contribution in [1.82, 2.24) is 10.4 Å². The fourth-order valence-electron chi connectivity index (χ4n) is 1.81. The highest BCUT2D eigenvalue weighted by Gasteiger charge is 2.27. The van der Waals surface area contributed by atoms with Crippen molar-refractivity contribution in [3.8, 4) is 0 Å². The van der Waals surface area contributed by atoms with Crippen LogP contribution in [0.25, 0.3) is 0 Å². The number of aliphatic carboxylic acids is 1. The highest BCUT2D eigenvalue weighted by Crippen LogP contribution is 2.09. The fourth-order valence-corrected chi connectivity index (χ4v) is 1.81. The third-order valence-electron chi connectivity index (χ3n) is 2.88. The first kappa shape index (κ1) is 16.6. The van der Waals surface area contributed by atoms with Crippen molar-refractivity contribution < 1.29 is 24.7 Å². The van der Waals surface area contributed by atoms with E-state index in [-0.39, 0.29) is 6.42 Å². The molecule has 0 fully saturated rings. The van der Waals surface area contributed by atoms with Crippen LogP contribution in [-0.4, -0.2) is 45.7 Å². The Morgan fingerprint density at radius 2 is 1.86 bits per heavy atom. The van der Waals surface area contributed by atoms with Crippen molar-refractivity contribution in [2.45, 2.75) is 25.8 Å². The summed E-state index contributed by atoms with van der Waals surface area (Å²) >= 11 is 0. The molecule has 0 radical (unpaired) electrons. The van der Waals surface area contributed by atoms with Crippen LogP contribution in [0.1, 0.15) is 18.9 Å². The first-order valence-corrected chi connectivity index (χ1v) is 6.44. The molecule has 1 rings (SSSR count). The van der Waals surface area contributed by atoms with Crippen LogP contribution >= 0.6 is 0 Å². The molecule has 3 N–H and O–H groups in total. The van der Waals surface area contributed by atoms with Gasteiger partial charge in [-0.15, -0.1) is 0 Å². The minimum Gasteiger partial charge on any atom is -0.480 e. The van der Waals surface area contributed by atoms with Crippen molar-refractivity contribution >= 4 is 17.8 Å². The molecule has 0 bridgehead atoms. The number of hydroxylamine groups is 2. The number of carbonyl (C=O) groups is 3. The van der Waals surface area contributed by atoms with E-state index >= 15 is 0 Å². The molecule has 0 heterocycles. The average Bonchev–Trinajstić information content (AvgIpc) is 2.46.